The maximum absolute atomic E-state index is 13.6. The average Bonchev–Trinajstić information content (AvgIpc) is 2.44. The van der Waals surface area contributed by atoms with Crippen LogP contribution in [0.4, 0.5) is 17.6 Å². The van der Waals surface area contributed by atoms with Gasteiger partial charge in [-0.15, -0.1) is 0 Å². The Morgan fingerprint density at radius 2 is 1.26 bits per heavy atom. The number of hydrogen-bond donors (Lipinski definition) is 0. The molecule has 2 aromatic rings. The molecule has 0 nitrogen and oxygen atoms in total. The van der Waals surface area contributed by atoms with Crippen LogP contribution in [0.3, 0.4) is 0 Å². The lowest BCUT2D eigenvalue weighted by atomic mass is 10.0. The number of benzene rings is 2. The van der Waals surface area contributed by atoms with Crippen LogP contribution in [0.2, 0.25) is 0 Å². The molecule has 0 atom stereocenters. The number of aryl methyl sites for hydroxylation is 1. The summed E-state index contributed by atoms with van der Waals surface area (Å²) in [6.07, 6.45) is 0.192. The van der Waals surface area contributed by atoms with Crippen molar-refractivity contribution in [2.45, 2.75) is 12.8 Å². The summed E-state index contributed by atoms with van der Waals surface area (Å²) < 4.78 is 53.0. The van der Waals surface area contributed by atoms with E-state index in [9.17, 15) is 17.6 Å². The fraction of sp³-hybridized carbons (Fsp3) is 0.143. The molecule has 0 aromatic heterocycles. The fourth-order valence-electron chi connectivity index (χ4n) is 1.78. The molecule has 0 amide bonds. The fourth-order valence-corrected chi connectivity index (χ4v) is 2.13. The Balaban J connectivity index is 2.31. The SMILES string of the molecule is Fc1c(F)c(CCc2ccccc2)c(F)c(F)c1Br. The highest BCUT2D eigenvalue weighted by Gasteiger charge is 2.23. The van der Waals surface area contributed by atoms with Crippen molar-refractivity contribution in [1.82, 2.24) is 0 Å². The lowest BCUT2D eigenvalue weighted by Gasteiger charge is -2.09. The van der Waals surface area contributed by atoms with Crippen molar-refractivity contribution in [1.29, 1.82) is 0 Å². The van der Waals surface area contributed by atoms with E-state index in [0.29, 0.717) is 6.42 Å². The van der Waals surface area contributed by atoms with Gasteiger partial charge >= 0.3 is 0 Å². The van der Waals surface area contributed by atoms with Gasteiger partial charge in [-0.25, -0.2) is 17.6 Å². The van der Waals surface area contributed by atoms with Crippen LogP contribution in [0.15, 0.2) is 34.8 Å². The highest BCUT2D eigenvalue weighted by atomic mass is 79.9. The number of hydrogen-bond acceptors (Lipinski definition) is 0. The summed E-state index contributed by atoms with van der Waals surface area (Å²) in [4.78, 5) is 0. The quantitative estimate of drug-likeness (QED) is 0.430. The summed E-state index contributed by atoms with van der Waals surface area (Å²) in [5, 5.41) is 0. The normalized spacial score (nSPS) is 10.8. The Morgan fingerprint density at radius 3 is 1.79 bits per heavy atom. The van der Waals surface area contributed by atoms with Crippen LogP contribution in [0, 0.1) is 23.3 Å². The maximum Gasteiger partial charge on any atom is 0.176 e. The lowest BCUT2D eigenvalue weighted by Crippen LogP contribution is -2.06. The lowest BCUT2D eigenvalue weighted by molar-refractivity contribution is 0.432. The Labute approximate surface area is 116 Å². The zero-order valence-corrected chi connectivity index (χ0v) is 11.3. The van der Waals surface area contributed by atoms with Gasteiger partial charge in [0.25, 0.3) is 0 Å². The van der Waals surface area contributed by atoms with Crippen molar-refractivity contribution in [3.05, 3.63) is 69.2 Å². The molecular formula is C14H9BrF4. The smallest absolute Gasteiger partial charge is 0.176 e. The third kappa shape index (κ3) is 2.81. The van der Waals surface area contributed by atoms with Gasteiger partial charge in [0.1, 0.15) is 0 Å². The van der Waals surface area contributed by atoms with Crippen molar-refractivity contribution in [3.8, 4) is 0 Å². The minimum absolute atomic E-state index is 0.108. The summed E-state index contributed by atoms with van der Waals surface area (Å²) in [6, 6.07) is 8.93. The van der Waals surface area contributed by atoms with Crippen molar-refractivity contribution < 1.29 is 17.6 Å². The highest BCUT2D eigenvalue weighted by Crippen LogP contribution is 2.28. The largest absolute Gasteiger partial charge is 0.203 e. The summed E-state index contributed by atoms with van der Waals surface area (Å²) >= 11 is 2.48. The van der Waals surface area contributed by atoms with Crippen LogP contribution in [0.1, 0.15) is 11.1 Å². The first-order chi connectivity index (χ1) is 9.02. The molecule has 0 unspecified atom stereocenters. The molecule has 0 heterocycles. The van der Waals surface area contributed by atoms with Crippen LogP contribution in [-0.4, -0.2) is 0 Å². The first-order valence-corrected chi connectivity index (χ1v) is 6.36. The summed E-state index contributed by atoms with van der Waals surface area (Å²) in [5.74, 6) is -5.49. The molecule has 0 N–H and O–H groups in total. The van der Waals surface area contributed by atoms with E-state index in [0.717, 1.165) is 5.56 Å². The molecule has 0 aliphatic heterocycles. The van der Waals surface area contributed by atoms with Gasteiger partial charge in [0, 0.05) is 5.56 Å². The van der Waals surface area contributed by atoms with E-state index < -0.39 is 33.3 Å². The zero-order chi connectivity index (χ0) is 14.0. The van der Waals surface area contributed by atoms with E-state index in [1.54, 1.807) is 24.3 Å². The summed E-state index contributed by atoms with van der Waals surface area (Å²) in [6.45, 7) is 0. The Kier molecular flexibility index (Phi) is 4.24. The maximum atomic E-state index is 13.6. The van der Waals surface area contributed by atoms with E-state index in [1.807, 2.05) is 6.07 Å². The molecule has 100 valence electrons. The molecule has 0 bridgehead atoms. The Hall–Kier alpha value is -1.36. The van der Waals surface area contributed by atoms with E-state index in [4.69, 9.17) is 0 Å². The first-order valence-electron chi connectivity index (χ1n) is 5.56. The molecule has 0 saturated heterocycles. The van der Waals surface area contributed by atoms with Gasteiger partial charge in [-0.05, 0) is 34.3 Å². The average molecular weight is 333 g/mol. The van der Waals surface area contributed by atoms with Crippen LogP contribution in [0.5, 0.6) is 0 Å². The van der Waals surface area contributed by atoms with Gasteiger partial charge in [0.2, 0.25) is 0 Å². The number of halogens is 5. The van der Waals surface area contributed by atoms with Gasteiger partial charge in [-0.1, -0.05) is 30.3 Å². The molecule has 2 aromatic carbocycles. The predicted molar refractivity (Wildman–Crippen MR) is 67.8 cm³/mol. The molecule has 0 spiro atoms. The molecule has 0 saturated carbocycles. The number of rotatable bonds is 3. The highest BCUT2D eigenvalue weighted by molar-refractivity contribution is 9.10. The second-order valence-electron chi connectivity index (χ2n) is 4.03. The van der Waals surface area contributed by atoms with Gasteiger partial charge < -0.3 is 0 Å². The van der Waals surface area contributed by atoms with E-state index in [-0.39, 0.29) is 6.42 Å². The molecule has 5 heteroatoms. The second kappa shape index (κ2) is 5.74. The van der Waals surface area contributed by atoms with Crippen LogP contribution in [0.25, 0.3) is 0 Å². The van der Waals surface area contributed by atoms with Gasteiger partial charge in [-0.2, -0.15) is 0 Å². The molecule has 0 aliphatic carbocycles. The van der Waals surface area contributed by atoms with Gasteiger partial charge in [-0.3, -0.25) is 0 Å². The second-order valence-corrected chi connectivity index (χ2v) is 4.83. The Bertz CT molecular complexity index is 567. The van der Waals surface area contributed by atoms with Crippen molar-refractivity contribution in [3.63, 3.8) is 0 Å². The van der Waals surface area contributed by atoms with E-state index >= 15 is 0 Å². The Morgan fingerprint density at radius 1 is 0.737 bits per heavy atom. The minimum Gasteiger partial charge on any atom is -0.203 e. The van der Waals surface area contributed by atoms with Crippen LogP contribution < -0.4 is 0 Å². The van der Waals surface area contributed by atoms with Crippen molar-refractivity contribution in [2.24, 2.45) is 0 Å². The minimum atomic E-state index is -1.40. The topological polar surface area (TPSA) is 0 Å². The van der Waals surface area contributed by atoms with Crippen molar-refractivity contribution >= 4 is 15.9 Å². The van der Waals surface area contributed by atoms with E-state index in [2.05, 4.69) is 15.9 Å². The standard InChI is InChI=1S/C14H9BrF4/c15-10-13(18)11(16)9(12(17)14(10)19)7-6-8-4-2-1-3-5-8/h1-5H,6-7H2. The summed E-state index contributed by atoms with van der Waals surface area (Å²) in [7, 11) is 0. The third-order valence-corrected chi connectivity index (χ3v) is 3.50. The van der Waals surface area contributed by atoms with Crippen LogP contribution >= 0.6 is 15.9 Å². The monoisotopic (exact) mass is 332 g/mol. The third-order valence-electron chi connectivity index (χ3n) is 2.81. The predicted octanol–water partition coefficient (Wildman–Crippen LogP) is 4.79. The van der Waals surface area contributed by atoms with Gasteiger partial charge in [0.05, 0.1) is 4.47 Å². The molecule has 2 rings (SSSR count). The molecule has 0 radical (unpaired) electrons. The van der Waals surface area contributed by atoms with Crippen LogP contribution in [-0.2, 0) is 12.8 Å². The molecule has 0 fully saturated rings. The summed E-state index contributed by atoms with van der Waals surface area (Å²) in [5.41, 5.74) is 0.270. The van der Waals surface area contributed by atoms with E-state index in [1.165, 1.54) is 0 Å². The van der Waals surface area contributed by atoms with Gasteiger partial charge in [0.15, 0.2) is 23.3 Å². The molecule has 19 heavy (non-hydrogen) atoms. The zero-order valence-electron chi connectivity index (χ0n) is 9.69. The molecular weight excluding hydrogens is 324 g/mol. The first kappa shape index (κ1) is 14.1. The van der Waals surface area contributed by atoms with Crippen molar-refractivity contribution in [2.75, 3.05) is 0 Å². The molecule has 0 aliphatic rings.